The average Bonchev–Trinajstić information content (AvgIpc) is 2.28. The van der Waals surface area contributed by atoms with Gasteiger partial charge >= 0.3 is 0 Å². The summed E-state index contributed by atoms with van der Waals surface area (Å²) in [5, 5.41) is 0. The van der Waals surface area contributed by atoms with Crippen LogP contribution in [0.2, 0.25) is 0 Å². The number of benzene rings is 1. The Hall–Kier alpha value is -1.31. The quantitative estimate of drug-likeness (QED) is 0.765. The lowest BCUT2D eigenvalue weighted by Crippen LogP contribution is -2.22. The number of hydrogen-bond donors (Lipinski definition) is 0. The third kappa shape index (κ3) is 2.63. The SMILES string of the molecule is CCC(C)(C)c1ccc(C(=O)N(C)C)cc1. The van der Waals surface area contributed by atoms with Gasteiger partial charge in [0.05, 0.1) is 0 Å². The number of hydrogen-bond acceptors (Lipinski definition) is 1. The highest BCUT2D eigenvalue weighted by molar-refractivity contribution is 5.93. The minimum Gasteiger partial charge on any atom is -0.345 e. The van der Waals surface area contributed by atoms with Crippen molar-refractivity contribution < 1.29 is 4.79 Å². The van der Waals surface area contributed by atoms with Gasteiger partial charge in [-0.05, 0) is 29.5 Å². The van der Waals surface area contributed by atoms with Gasteiger partial charge in [-0.3, -0.25) is 4.79 Å². The standard InChI is InChI=1S/C14H21NO/c1-6-14(2,3)12-9-7-11(8-10-12)13(16)15(4)5/h7-10H,6H2,1-5H3. The molecule has 2 heteroatoms. The van der Waals surface area contributed by atoms with Gasteiger partial charge in [-0.15, -0.1) is 0 Å². The van der Waals surface area contributed by atoms with Gasteiger partial charge < -0.3 is 4.90 Å². The Labute approximate surface area is 98.3 Å². The van der Waals surface area contributed by atoms with Gasteiger partial charge in [0.25, 0.3) is 5.91 Å². The van der Waals surface area contributed by atoms with Crippen molar-refractivity contribution in [3.05, 3.63) is 35.4 Å². The smallest absolute Gasteiger partial charge is 0.253 e. The lowest BCUT2D eigenvalue weighted by Gasteiger charge is -2.23. The van der Waals surface area contributed by atoms with Crippen LogP contribution in [0.5, 0.6) is 0 Å². The van der Waals surface area contributed by atoms with Gasteiger partial charge in [-0.2, -0.15) is 0 Å². The molecule has 88 valence electrons. The van der Waals surface area contributed by atoms with Crippen molar-refractivity contribution in [3.8, 4) is 0 Å². The Bertz CT molecular complexity index is 363. The van der Waals surface area contributed by atoms with Crippen molar-refractivity contribution in [1.29, 1.82) is 0 Å². The Morgan fingerprint density at radius 1 is 1.19 bits per heavy atom. The zero-order chi connectivity index (χ0) is 12.3. The molecule has 0 N–H and O–H groups in total. The number of carbonyl (C=O) groups is 1. The van der Waals surface area contributed by atoms with Crippen LogP contribution in [-0.4, -0.2) is 24.9 Å². The molecule has 0 unspecified atom stereocenters. The van der Waals surface area contributed by atoms with Crippen molar-refractivity contribution >= 4 is 5.91 Å². The maximum Gasteiger partial charge on any atom is 0.253 e. The molecule has 0 fully saturated rings. The fourth-order valence-corrected chi connectivity index (χ4v) is 1.53. The average molecular weight is 219 g/mol. The van der Waals surface area contributed by atoms with Crippen LogP contribution in [0.15, 0.2) is 24.3 Å². The minimum absolute atomic E-state index is 0.0563. The number of rotatable bonds is 3. The van der Waals surface area contributed by atoms with Crippen LogP contribution in [0.25, 0.3) is 0 Å². The fraction of sp³-hybridized carbons (Fsp3) is 0.500. The topological polar surface area (TPSA) is 20.3 Å². The third-order valence-corrected chi connectivity index (χ3v) is 3.20. The molecule has 1 rings (SSSR count). The highest BCUT2D eigenvalue weighted by atomic mass is 16.2. The van der Waals surface area contributed by atoms with Crippen LogP contribution in [0.3, 0.4) is 0 Å². The van der Waals surface area contributed by atoms with Crippen molar-refractivity contribution in [2.75, 3.05) is 14.1 Å². The zero-order valence-electron chi connectivity index (χ0n) is 10.9. The molecule has 0 heterocycles. The molecule has 0 bridgehead atoms. The molecular formula is C14H21NO. The monoisotopic (exact) mass is 219 g/mol. The van der Waals surface area contributed by atoms with Gasteiger partial charge in [0, 0.05) is 19.7 Å². The lowest BCUT2D eigenvalue weighted by atomic mass is 9.82. The van der Waals surface area contributed by atoms with Gasteiger partial charge in [0.15, 0.2) is 0 Å². The number of nitrogens with zero attached hydrogens (tertiary/aromatic N) is 1. The van der Waals surface area contributed by atoms with Crippen LogP contribution >= 0.6 is 0 Å². The van der Waals surface area contributed by atoms with Crippen molar-refractivity contribution in [2.45, 2.75) is 32.6 Å². The van der Waals surface area contributed by atoms with Crippen LogP contribution < -0.4 is 0 Å². The highest BCUT2D eigenvalue weighted by Gasteiger charge is 2.18. The van der Waals surface area contributed by atoms with E-state index in [0.717, 1.165) is 12.0 Å². The molecule has 0 saturated carbocycles. The summed E-state index contributed by atoms with van der Waals surface area (Å²) in [7, 11) is 3.54. The summed E-state index contributed by atoms with van der Waals surface area (Å²) >= 11 is 0. The first kappa shape index (κ1) is 12.8. The van der Waals surface area contributed by atoms with E-state index in [1.54, 1.807) is 19.0 Å². The first-order chi connectivity index (χ1) is 7.38. The van der Waals surface area contributed by atoms with Gasteiger partial charge in [0.2, 0.25) is 0 Å². The van der Waals surface area contributed by atoms with E-state index in [9.17, 15) is 4.79 Å². The summed E-state index contributed by atoms with van der Waals surface area (Å²) in [4.78, 5) is 13.3. The fourth-order valence-electron chi connectivity index (χ4n) is 1.53. The maximum atomic E-state index is 11.7. The second-order valence-electron chi connectivity index (χ2n) is 5.01. The van der Waals surface area contributed by atoms with E-state index in [2.05, 4.69) is 32.9 Å². The Balaban J connectivity index is 2.96. The van der Waals surface area contributed by atoms with Crippen LogP contribution in [0, 0.1) is 0 Å². The van der Waals surface area contributed by atoms with Crippen molar-refractivity contribution in [1.82, 2.24) is 4.90 Å². The Morgan fingerprint density at radius 3 is 2.06 bits per heavy atom. The predicted octanol–water partition coefficient (Wildman–Crippen LogP) is 3.08. The van der Waals surface area contributed by atoms with E-state index >= 15 is 0 Å². The number of carbonyl (C=O) groups excluding carboxylic acids is 1. The largest absolute Gasteiger partial charge is 0.345 e. The van der Waals surface area contributed by atoms with E-state index in [1.165, 1.54) is 5.56 Å². The molecule has 0 atom stereocenters. The van der Waals surface area contributed by atoms with Crippen LogP contribution in [-0.2, 0) is 5.41 Å². The summed E-state index contributed by atoms with van der Waals surface area (Å²) in [6, 6.07) is 7.94. The van der Waals surface area contributed by atoms with Gasteiger partial charge in [0.1, 0.15) is 0 Å². The summed E-state index contributed by atoms with van der Waals surface area (Å²) in [5.74, 6) is 0.0563. The van der Waals surface area contributed by atoms with E-state index in [-0.39, 0.29) is 11.3 Å². The van der Waals surface area contributed by atoms with Gasteiger partial charge in [-0.25, -0.2) is 0 Å². The Kier molecular flexibility index (Phi) is 3.74. The summed E-state index contributed by atoms with van der Waals surface area (Å²) < 4.78 is 0. The molecule has 1 aromatic rings. The summed E-state index contributed by atoms with van der Waals surface area (Å²) in [6.07, 6.45) is 1.09. The van der Waals surface area contributed by atoms with Crippen LogP contribution in [0.1, 0.15) is 43.1 Å². The van der Waals surface area contributed by atoms with E-state index in [1.807, 2.05) is 12.1 Å². The highest BCUT2D eigenvalue weighted by Crippen LogP contribution is 2.26. The van der Waals surface area contributed by atoms with E-state index < -0.39 is 0 Å². The summed E-state index contributed by atoms with van der Waals surface area (Å²) in [6.45, 7) is 6.62. The summed E-state index contributed by atoms with van der Waals surface area (Å²) in [5.41, 5.74) is 2.21. The molecule has 2 nitrogen and oxygen atoms in total. The van der Waals surface area contributed by atoms with Crippen molar-refractivity contribution in [3.63, 3.8) is 0 Å². The second kappa shape index (κ2) is 4.69. The van der Waals surface area contributed by atoms with Gasteiger partial charge in [-0.1, -0.05) is 32.9 Å². The molecule has 0 saturated heterocycles. The molecule has 16 heavy (non-hydrogen) atoms. The predicted molar refractivity (Wildman–Crippen MR) is 67.8 cm³/mol. The molecular weight excluding hydrogens is 198 g/mol. The first-order valence-corrected chi connectivity index (χ1v) is 5.70. The lowest BCUT2D eigenvalue weighted by molar-refractivity contribution is 0.0827. The maximum absolute atomic E-state index is 11.7. The van der Waals surface area contributed by atoms with E-state index in [0.29, 0.717) is 0 Å². The number of amides is 1. The Morgan fingerprint density at radius 2 is 1.69 bits per heavy atom. The molecule has 0 aliphatic heterocycles. The normalized spacial score (nSPS) is 11.3. The van der Waals surface area contributed by atoms with E-state index in [4.69, 9.17) is 0 Å². The second-order valence-corrected chi connectivity index (χ2v) is 5.01. The zero-order valence-corrected chi connectivity index (χ0v) is 10.9. The molecule has 0 aliphatic carbocycles. The molecule has 0 aliphatic rings. The van der Waals surface area contributed by atoms with Crippen molar-refractivity contribution in [2.24, 2.45) is 0 Å². The molecule has 1 amide bonds. The van der Waals surface area contributed by atoms with Crippen LogP contribution in [0.4, 0.5) is 0 Å². The minimum atomic E-state index is 0.0563. The first-order valence-electron chi connectivity index (χ1n) is 5.70. The molecule has 0 spiro atoms. The molecule has 0 radical (unpaired) electrons. The third-order valence-electron chi connectivity index (χ3n) is 3.20. The molecule has 0 aromatic heterocycles. The molecule has 1 aromatic carbocycles.